The van der Waals surface area contributed by atoms with E-state index in [-0.39, 0.29) is 5.78 Å². The van der Waals surface area contributed by atoms with Crippen molar-refractivity contribution in [3.05, 3.63) is 65.9 Å². The van der Waals surface area contributed by atoms with E-state index in [0.29, 0.717) is 16.8 Å². The van der Waals surface area contributed by atoms with E-state index in [1.165, 1.54) is 31.2 Å². The molecule has 0 aliphatic carbocycles. The van der Waals surface area contributed by atoms with E-state index >= 15 is 0 Å². The number of rotatable bonds is 6. The molecule has 140 valence electrons. The third-order valence-electron chi connectivity index (χ3n) is 3.93. The van der Waals surface area contributed by atoms with E-state index in [9.17, 15) is 18.0 Å². The zero-order chi connectivity index (χ0) is 19.6. The lowest BCUT2D eigenvalue weighted by Crippen LogP contribution is -2.24. The standard InChI is InChI=1S/C19H18N2O5S/c1-12(18(22)13-7-9-14(10-8-13)21-27(2,24)25)26-19(23)16-11-20-17-6-4-3-5-15(16)17/h3-12,20-21H,1-2H3/t12-/m0/s1. The van der Waals surface area contributed by atoms with Crippen LogP contribution in [0.3, 0.4) is 0 Å². The molecule has 3 rings (SSSR count). The minimum absolute atomic E-state index is 0.313. The summed E-state index contributed by atoms with van der Waals surface area (Å²) in [7, 11) is -3.39. The molecule has 2 N–H and O–H groups in total. The van der Waals surface area contributed by atoms with Crippen LogP contribution in [0.2, 0.25) is 0 Å². The number of H-pyrrole nitrogens is 1. The molecule has 1 aromatic heterocycles. The minimum Gasteiger partial charge on any atom is -0.451 e. The molecule has 0 saturated heterocycles. The molecule has 0 aliphatic heterocycles. The third-order valence-corrected chi connectivity index (χ3v) is 4.54. The second-order valence-corrected chi connectivity index (χ2v) is 7.86. The summed E-state index contributed by atoms with van der Waals surface area (Å²) in [6.07, 6.45) is 1.61. The first-order valence-electron chi connectivity index (χ1n) is 8.14. The Hall–Kier alpha value is -3.13. The molecule has 0 fully saturated rings. The summed E-state index contributed by atoms with van der Waals surface area (Å²) in [5.74, 6) is -0.974. The Labute approximate surface area is 156 Å². The molecule has 2 aromatic carbocycles. The predicted molar refractivity (Wildman–Crippen MR) is 102 cm³/mol. The van der Waals surface area contributed by atoms with Crippen molar-refractivity contribution in [2.24, 2.45) is 0 Å². The normalized spacial score (nSPS) is 12.5. The molecule has 0 aliphatic rings. The van der Waals surface area contributed by atoms with Gasteiger partial charge in [0.25, 0.3) is 0 Å². The first-order chi connectivity index (χ1) is 12.7. The van der Waals surface area contributed by atoms with Crippen molar-refractivity contribution in [2.75, 3.05) is 11.0 Å². The van der Waals surface area contributed by atoms with Gasteiger partial charge in [-0.15, -0.1) is 0 Å². The van der Waals surface area contributed by atoms with Crippen molar-refractivity contribution in [3.63, 3.8) is 0 Å². The van der Waals surface area contributed by atoms with E-state index in [4.69, 9.17) is 4.74 Å². The summed E-state index contributed by atoms with van der Waals surface area (Å²) < 4.78 is 30.1. The first kappa shape index (κ1) is 18.7. The Morgan fingerprint density at radius 1 is 1.07 bits per heavy atom. The lowest BCUT2D eigenvalue weighted by Gasteiger charge is -2.12. The van der Waals surface area contributed by atoms with Crippen molar-refractivity contribution in [3.8, 4) is 0 Å². The number of Topliss-reactive ketones (excluding diaryl/α,β-unsaturated/α-hetero) is 1. The van der Waals surface area contributed by atoms with Crippen molar-refractivity contribution in [2.45, 2.75) is 13.0 Å². The molecule has 3 aromatic rings. The van der Waals surface area contributed by atoms with Crippen LogP contribution in [0.15, 0.2) is 54.7 Å². The second-order valence-electron chi connectivity index (χ2n) is 6.11. The van der Waals surface area contributed by atoms with E-state index < -0.39 is 22.1 Å². The van der Waals surface area contributed by atoms with Gasteiger partial charge in [0.05, 0.1) is 11.8 Å². The fourth-order valence-electron chi connectivity index (χ4n) is 2.67. The molecule has 27 heavy (non-hydrogen) atoms. The van der Waals surface area contributed by atoms with Gasteiger partial charge in [0.15, 0.2) is 6.10 Å². The number of sulfonamides is 1. The van der Waals surface area contributed by atoms with Crippen LogP contribution in [0.5, 0.6) is 0 Å². The molecular formula is C19H18N2O5S. The number of benzene rings is 2. The zero-order valence-electron chi connectivity index (χ0n) is 14.7. The smallest absolute Gasteiger partial charge is 0.341 e. The summed E-state index contributed by atoms with van der Waals surface area (Å²) in [6, 6.07) is 13.2. The van der Waals surface area contributed by atoms with Gasteiger partial charge in [0.1, 0.15) is 0 Å². The van der Waals surface area contributed by atoms with E-state index in [0.717, 1.165) is 17.2 Å². The van der Waals surface area contributed by atoms with E-state index in [1.54, 1.807) is 12.3 Å². The van der Waals surface area contributed by atoms with E-state index in [2.05, 4.69) is 9.71 Å². The van der Waals surface area contributed by atoms with Crippen LogP contribution < -0.4 is 4.72 Å². The van der Waals surface area contributed by atoms with Crippen LogP contribution in [0, 0.1) is 0 Å². The monoisotopic (exact) mass is 386 g/mol. The largest absolute Gasteiger partial charge is 0.451 e. The van der Waals surface area contributed by atoms with Gasteiger partial charge in [0, 0.05) is 28.4 Å². The number of anilines is 1. The highest BCUT2D eigenvalue weighted by Crippen LogP contribution is 2.20. The summed E-state index contributed by atoms with van der Waals surface area (Å²) in [6.45, 7) is 1.50. The molecule has 7 nitrogen and oxygen atoms in total. The fourth-order valence-corrected chi connectivity index (χ4v) is 3.23. The maximum atomic E-state index is 12.5. The number of carbonyl (C=O) groups is 2. The molecule has 0 radical (unpaired) electrons. The lowest BCUT2D eigenvalue weighted by atomic mass is 10.1. The summed E-state index contributed by atoms with van der Waals surface area (Å²) in [4.78, 5) is 27.9. The number of nitrogens with one attached hydrogen (secondary N) is 2. The molecular weight excluding hydrogens is 368 g/mol. The Bertz CT molecular complexity index is 1100. The van der Waals surface area contributed by atoms with Gasteiger partial charge in [-0.3, -0.25) is 9.52 Å². The van der Waals surface area contributed by atoms with Crippen molar-refractivity contribution in [1.29, 1.82) is 0 Å². The molecule has 1 heterocycles. The SMILES string of the molecule is C[C@H](OC(=O)c1c[nH]c2ccccc12)C(=O)c1ccc(NS(C)(=O)=O)cc1. The van der Waals surface area contributed by atoms with Crippen LogP contribution >= 0.6 is 0 Å². The topological polar surface area (TPSA) is 105 Å². The van der Waals surface area contributed by atoms with Gasteiger partial charge in [-0.2, -0.15) is 0 Å². The molecule has 8 heteroatoms. The Morgan fingerprint density at radius 2 is 1.74 bits per heavy atom. The average molecular weight is 386 g/mol. The van der Waals surface area contributed by atoms with Crippen molar-refractivity contribution < 1.29 is 22.7 Å². The van der Waals surface area contributed by atoms with Gasteiger partial charge in [0.2, 0.25) is 15.8 Å². The number of aromatic amines is 1. The number of hydrogen-bond acceptors (Lipinski definition) is 5. The highest BCUT2D eigenvalue weighted by atomic mass is 32.2. The minimum atomic E-state index is -3.39. The van der Waals surface area contributed by atoms with Crippen LogP contribution in [0.1, 0.15) is 27.6 Å². The highest BCUT2D eigenvalue weighted by molar-refractivity contribution is 7.92. The third kappa shape index (κ3) is 4.35. The second kappa shape index (κ2) is 7.24. The van der Waals surface area contributed by atoms with Gasteiger partial charge in [-0.1, -0.05) is 18.2 Å². The Balaban J connectivity index is 1.71. The van der Waals surface area contributed by atoms with E-state index in [1.807, 2.05) is 18.2 Å². The predicted octanol–water partition coefficient (Wildman–Crippen LogP) is 2.97. The fraction of sp³-hybridized carbons (Fsp3) is 0.158. The van der Waals surface area contributed by atoms with Gasteiger partial charge in [-0.05, 0) is 37.3 Å². The highest BCUT2D eigenvalue weighted by Gasteiger charge is 2.22. The first-order valence-corrected chi connectivity index (χ1v) is 10.0. The summed E-state index contributed by atoms with van der Waals surface area (Å²) in [5, 5.41) is 0.721. The number of hydrogen-bond donors (Lipinski definition) is 2. The van der Waals surface area contributed by atoms with Crippen molar-refractivity contribution in [1.82, 2.24) is 4.98 Å². The summed E-state index contributed by atoms with van der Waals surface area (Å²) >= 11 is 0. The number of esters is 1. The Kier molecular flexibility index (Phi) is 5.00. The van der Waals surface area contributed by atoms with Crippen LogP contribution in [-0.2, 0) is 14.8 Å². The molecule has 0 saturated carbocycles. The average Bonchev–Trinajstić information content (AvgIpc) is 3.04. The molecule has 1 atom stereocenters. The van der Waals surface area contributed by atoms with Gasteiger partial charge in [-0.25, -0.2) is 13.2 Å². The van der Waals surface area contributed by atoms with Gasteiger partial charge >= 0.3 is 5.97 Å². The quantitative estimate of drug-likeness (QED) is 0.500. The molecule has 0 amide bonds. The van der Waals surface area contributed by atoms with Crippen LogP contribution in [0.4, 0.5) is 5.69 Å². The van der Waals surface area contributed by atoms with Crippen LogP contribution in [0.25, 0.3) is 10.9 Å². The maximum Gasteiger partial charge on any atom is 0.341 e. The number of ketones is 1. The lowest BCUT2D eigenvalue weighted by molar-refractivity contribution is 0.0321. The maximum absolute atomic E-state index is 12.5. The van der Waals surface area contributed by atoms with Crippen LogP contribution in [-0.4, -0.2) is 37.5 Å². The molecule has 0 spiro atoms. The number of fused-ring (bicyclic) bond motifs is 1. The molecule has 0 unspecified atom stereocenters. The number of ether oxygens (including phenoxy) is 1. The van der Waals surface area contributed by atoms with Gasteiger partial charge < -0.3 is 9.72 Å². The number of aromatic nitrogens is 1. The zero-order valence-corrected chi connectivity index (χ0v) is 15.5. The summed E-state index contributed by atoms with van der Waals surface area (Å²) in [5.41, 5.74) is 1.82. The Morgan fingerprint density at radius 3 is 2.41 bits per heavy atom. The van der Waals surface area contributed by atoms with Crippen molar-refractivity contribution >= 4 is 38.4 Å². The number of carbonyl (C=O) groups excluding carboxylic acids is 2. The molecule has 0 bridgehead atoms. The number of para-hydroxylation sites is 1.